The second-order valence-corrected chi connectivity index (χ2v) is 5.33. The summed E-state index contributed by atoms with van der Waals surface area (Å²) in [5.74, 6) is 0. The predicted molar refractivity (Wildman–Crippen MR) is 75.0 cm³/mol. The second kappa shape index (κ2) is 5.05. The summed E-state index contributed by atoms with van der Waals surface area (Å²) >= 11 is 0. The van der Waals surface area contributed by atoms with Crippen LogP contribution in [0.15, 0.2) is 47.5 Å². The fourth-order valence-corrected chi connectivity index (χ4v) is 2.93. The van der Waals surface area contributed by atoms with Crippen LogP contribution >= 0.6 is 0 Å². The monoisotopic (exact) mass is 257 g/mol. The summed E-state index contributed by atoms with van der Waals surface area (Å²) in [5.41, 5.74) is 1.33. The molecule has 1 fully saturated rings. The van der Waals surface area contributed by atoms with Crippen LogP contribution in [-0.4, -0.2) is 27.0 Å². The molecule has 1 N–H and O–H groups in total. The summed E-state index contributed by atoms with van der Waals surface area (Å²) in [7, 11) is 0. The van der Waals surface area contributed by atoms with Crippen LogP contribution < -0.4 is 5.69 Å². The van der Waals surface area contributed by atoms with Gasteiger partial charge in [-0.15, -0.1) is 0 Å². The Balaban J connectivity index is 1.72. The zero-order valence-corrected chi connectivity index (χ0v) is 11.1. The number of imidazole rings is 1. The highest BCUT2D eigenvalue weighted by Gasteiger charge is 2.30. The number of nitrogens with one attached hydrogen (secondary N) is 1. The molecule has 100 valence electrons. The molecule has 2 atom stereocenters. The van der Waals surface area contributed by atoms with Crippen LogP contribution in [0.2, 0.25) is 0 Å². The molecule has 2 unspecified atom stereocenters. The van der Waals surface area contributed by atoms with Crippen molar-refractivity contribution in [1.29, 1.82) is 0 Å². The molecule has 2 heterocycles. The lowest BCUT2D eigenvalue weighted by atomic mass is 10.2. The van der Waals surface area contributed by atoms with Gasteiger partial charge in [0, 0.05) is 31.5 Å². The zero-order chi connectivity index (χ0) is 13.2. The van der Waals surface area contributed by atoms with Crippen LogP contribution in [-0.2, 0) is 6.54 Å². The van der Waals surface area contributed by atoms with Gasteiger partial charge in [-0.2, -0.15) is 0 Å². The first-order chi connectivity index (χ1) is 9.24. The first-order valence-corrected chi connectivity index (χ1v) is 6.77. The highest BCUT2D eigenvalue weighted by molar-refractivity contribution is 5.15. The van der Waals surface area contributed by atoms with Crippen molar-refractivity contribution in [3.63, 3.8) is 0 Å². The largest absolute Gasteiger partial charge is 0.325 e. The van der Waals surface area contributed by atoms with Gasteiger partial charge in [-0.1, -0.05) is 30.3 Å². The Labute approximate surface area is 112 Å². The van der Waals surface area contributed by atoms with Gasteiger partial charge in [0.15, 0.2) is 0 Å². The molecule has 0 amide bonds. The number of likely N-dealkylation sites (tertiary alicyclic amines) is 1. The number of hydrogen-bond acceptors (Lipinski definition) is 2. The van der Waals surface area contributed by atoms with E-state index in [-0.39, 0.29) is 11.7 Å². The number of nitrogens with zero attached hydrogens (tertiary/aromatic N) is 2. The third-order valence-electron chi connectivity index (χ3n) is 3.98. The molecule has 1 aromatic carbocycles. The average Bonchev–Trinajstić information content (AvgIpc) is 2.98. The normalized spacial score (nSPS) is 23.8. The molecule has 1 saturated heterocycles. The molecule has 0 spiro atoms. The second-order valence-electron chi connectivity index (χ2n) is 5.33. The van der Waals surface area contributed by atoms with E-state index in [4.69, 9.17) is 0 Å². The minimum absolute atomic E-state index is 0.00115. The molecular weight excluding hydrogens is 238 g/mol. The van der Waals surface area contributed by atoms with E-state index in [1.54, 1.807) is 6.20 Å². The molecular formula is C15H19N3O. The maximum Gasteiger partial charge on any atom is 0.325 e. The molecule has 0 aliphatic carbocycles. The fourth-order valence-electron chi connectivity index (χ4n) is 2.93. The van der Waals surface area contributed by atoms with Crippen LogP contribution in [0.5, 0.6) is 0 Å². The summed E-state index contributed by atoms with van der Waals surface area (Å²) in [6, 6.07) is 11.3. The molecule has 1 aliphatic rings. The van der Waals surface area contributed by atoms with Gasteiger partial charge in [-0.25, -0.2) is 4.79 Å². The average molecular weight is 257 g/mol. The molecule has 19 heavy (non-hydrogen) atoms. The quantitative estimate of drug-likeness (QED) is 0.914. The van der Waals surface area contributed by atoms with Gasteiger partial charge in [0.2, 0.25) is 0 Å². The van der Waals surface area contributed by atoms with Gasteiger partial charge in [0.25, 0.3) is 0 Å². The van der Waals surface area contributed by atoms with Crippen molar-refractivity contribution in [2.24, 2.45) is 0 Å². The van der Waals surface area contributed by atoms with Crippen molar-refractivity contribution >= 4 is 0 Å². The zero-order valence-electron chi connectivity index (χ0n) is 11.1. The van der Waals surface area contributed by atoms with Gasteiger partial charge in [0.05, 0.1) is 6.04 Å². The summed E-state index contributed by atoms with van der Waals surface area (Å²) in [5, 5.41) is 0. The number of benzene rings is 1. The standard InChI is InChI=1S/C15H19N3O/c1-12-9-14(18-8-7-16-15(18)19)11-17(12)10-13-5-3-2-4-6-13/h2-8,12,14H,9-11H2,1H3,(H,16,19). The highest BCUT2D eigenvalue weighted by atomic mass is 16.1. The van der Waals surface area contributed by atoms with E-state index in [1.807, 2.05) is 16.8 Å². The summed E-state index contributed by atoms with van der Waals surface area (Å²) in [6.45, 7) is 4.13. The first kappa shape index (κ1) is 12.2. The number of aromatic amines is 1. The van der Waals surface area contributed by atoms with Crippen molar-refractivity contribution in [3.8, 4) is 0 Å². The summed E-state index contributed by atoms with van der Waals surface area (Å²) in [4.78, 5) is 16.8. The topological polar surface area (TPSA) is 41.0 Å². The van der Waals surface area contributed by atoms with Crippen LogP contribution in [0.3, 0.4) is 0 Å². The van der Waals surface area contributed by atoms with Crippen LogP contribution in [0.1, 0.15) is 24.9 Å². The summed E-state index contributed by atoms with van der Waals surface area (Å²) < 4.78 is 1.82. The summed E-state index contributed by atoms with van der Waals surface area (Å²) in [6.07, 6.45) is 4.60. The Morgan fingerprint density at radius 1 is 1.32 bits per heavy atom. The number of rotatable bonds is 3. The molecule has 3 rings (SSSR count). The minimum Gasteiger partial charge on any atom is -0.313 e. The highest BCUT2D eigenvalue weighted by Crippen LogP contribution is 2.27. The van der Waals surface area contributed by atoms with E-state index in [0.29, 0.717) is 6.04 Å². The predicted octanol–water partition coefficient (Wildman–Crippen LogP) is 2.01. The Morgan fingerprint density at radius 2 is 2.11 bits per heavy atom. The molecule has 0 radical (unpaired) electrons. The SMILES string of the molecule is CC1CC(n2cc[nH]c2=O)CN1Cc1ccccc1. The van der Waals surface area contributed by atoms with Gasteiger partial charge in [-0.05, 0) is 18.9 Å². The third kappa shape index (κ3) is 2.49. The van der Waals surface area contributed by atoms with Crippen molar-refractivity contribution in [1.82, 2.24) is 14.5 Å². The fraction of sp³-hybridized carbons (Fsp3) is 0.400. The van der Waals surface area contributed by atoms with E-state index in [9.17, 15) is 4.79 Å². The number of aromatic nitrogens is 2. The van der Waals surface area contributed by atoms with Crippen LogP contribution in [0.25, 0.3) is 0 Å². The van der Waals surface area contributed by atoms with Crippen molar-refractivity contribution < 1.29 is 0 Å². The molecule has 0 saturated carbocycles. The number of hydrogen-bond donors (Lipinski definition) is 1. The van der Waals surface area contributed by atoms with Crippen LogP contribution in [0, 0.1) is 0 Å². The Kier molecular flexibility index (Phi) is 3.25. The Morgan fingerprint density at radius 3 is 2.79 bits per heavy atom. The maximum absolute atomic E-state index is 11.7. The Hall–Kier alpha value is -1.81. The lowest BCUT2D eigenvalue weighted by molar-refractivity contribution is 0.255. The van der Waals surface area contributed by atoms with Gasteiger partial charge < -0.3 is 4.98 Å². The molecule has 2 aromatic rings. The maximum atomic E-state index is 11.7. The van der Waals surface area contributed by atoms with E-state index in [2.05, 4.69) is 41.1 Å². The molecule has 4 heteroatoms. The van der Waals surface area contributed by atoms with Crippen molar-refractivity contribution in [2.75, 3.05) is 6.54 Å². The van der Waals surface area contributed by atoms with E-state index < -0.39 is 0 Å². The first-order valence-electron chi connectivity index (χ1n) is 6.77. The number of H-pyrrole nitrogens is 1. The molecule has 1 aromatic heterocycles. The van der Waals surface area contributed by atoms with Gasteiger partial charge >= 0.3 is 5.69 Å². The lowest BCUT2D eigenvalue weighted by Gasteiger charge is -2.20. The van der Waals surface area contributed by atoms with Crippen molar-refractivity contribution in [2.45, 2.75) is 32.0 Å². The van der Waals surface area contributed by atoms with Gasteiger partial charge in [-0.3, -0.25) is 9.47 Å². The lowest BCUT2D eigenvalue weighted by Crippen LogP contribution is -2.28. The smallest absolute Gasteiger partial charge is 0.313 e. The minimum atomic E-state index is -0.00115. The molecule has 0 bridgehead atoms. The van der Waals surface area contributed by atoms with E-state index in [0.717, 1.165) is 19.5 Å². The Bertz CT molecular complexity index is 587. The van der Waals surface area contributed by atoms with E-state index >= 15 is 0 Å². The van der Waals surface area contributed by atoms with Crippen LogP contribution in [0.4, 0.5) is 0 Å². The van der Waals surface area contributed by atoms with Gasteiger partial charge in [0.1, 0.15) is 0 Å². The molecule has 1 aliphatic heterocycles. The third-order valence-corrected chi connectivity index (χ3v) is 3.98. The molecule has 4 nitrogen and oxygen atoms in total. The van der Waals surface area contributed by atoms with E-state index in [1.165, 1.54) is 5.56 Å². The van der Waals surface area contributed by atoms with Crippen molar-refractivity contribution in [3.05, 3.63) is 58.8 Å².